The van der Waals surface area contributed by atoms with Crippen molar-refractivity contribution in [2.75, 3.05) is 97.9 Å². The summed E-state index contributed by atoms with van der Waals surface area (Å²) in [5.74, 6) is 0.710. The van der Waals surface area contributed by atoms with E-state index in [1.807, 2.05) is 99.6 Å². The molecule has 3 atom stereocenters. The van der Waals surface area contributed by atoms with Gasteiger partial charge in [-0.05, 0) is 103 Å². The molecule has 19 nitrogen and oxygen atoms in total. The van der Waals surface area contributed by atoms with Crippen molar-refractivity contribution in [3.8, 4) is 33.2 Å². The maximum atomic E-state index is 14.0. The average Bonchev–Trinajstić information content (AvgIpc) is 4.23. The summed E-state index contributed by atoms with van der Waals surface area (Å²) in [7, 11) is 0. The third-order valence-electron chi connectivity index (χ3n) is 15.3. The number of ether oxygens (including phenoxy) is 5. The molecule has 3 fully saturated rings. The third kappa shape index (κ3) is 15.3. The Bertz CT molecular complexity index is 2940. The zero-order valence-corrected chi connectivity index (χ0v) is 47.4. The number of hydrogen-bond acceptors (Lipinski definition) is 16. The normalized spacial score (nSPS) is 19.5. The van der Waals surface area contributed by atoms with Crippen molar-refractivity contribution >= 4 is 45.9 Å². The number of aliphatic hydroxyl groups is 1. The molecule has 3 aromatic carbocycles. The molecular formula is C60H78N10O9S. The van der Waals surface area contributed by atoms with Crippen molar-refractivity contribution in [1.29, 1.82) is 0 Å². The fourth-order valence-corrected chi connectivity index (χ4v) is 11.8. The summed E-state index contributed by atoms with van der Waals surface area (Å²) in [5.41, 5.74) is 11.5. The van der Waals surface area contributed by atoms with E-state index in [-0.39, 0.29) is 51.3 Å². The number of amides is 3. The number of thiophene rings is 1. The van der Waals surface area contributed by atoms with Crippen molar-refractivity contribution < 1.29 is 43.2 Å². The summed E-state index contributed by atoms with van der Waals surface area (Å²) in [4.78, 5) is 57.2. The van der Waals surface area contributed by atoms with Crippen LogP contribution in [0.25, 0.3) is 32.7 Å². The van der Waals surface area contributed by atoms with Gasteiger partial charge in [0.15, 0.2) is 5.65 Å². The number of nitrogens with one attached hydrogen (secondary N) is 2. The van der Waals surface area contributed by atoms with E-state index in [1.165, 1.54) is 21.7 Å². The molecule has 5 N–H and O–H groups in total. The van der Waals surface area contributed by atoms with E-state index in [9.17, 15) is 19.5 Å². The predicted molar refractivity (Wildman–Crippen MR) is 308 cm³/mol. The first kappa shape index (κ1) is 58.3. The van der Waals surface area contributed by atoms with Gasteiger partial charge in [-0.3, -0.25) is 24.2 Å². The summed E-state index contributed by atoms with van der Waals surface area (Å²) in [6.07, 6.45) is 5.02. The summed E-state index contributed by atoms with van der Waals surface area (Å²) in [6, 6.07) is 26.7. The number of aliphatic hydroxyl groups excluding tert-OH is 1. The second-order valence-electron chi connectivity index (χ2n) is 22.0. The molecule has 0 bridgehead atoms. The molecule has 0 radical (unpaired) electrons. The van der Waals surface area contributed by atoms with Crippen molar-refractivity contribution in [1.82, 2.24) is 45.1 Å². The van der Waals surface area contributed by atoms with E-state index < -0.39 is 35.4 Å². The Morgan fingerprint density at radius 1 is 0.775 bits per heavy atom. The molecule has 3 amide bonds. The number of anilines is 1. The summed E-state index contributed by atoms with van der Waals surface area (Å²) in [5, 5.41) is 24.3. The quantitative estimate of drug-likeness (QED) is 0.0429. The lowest BCUT2D eigenvalue weighted by molar-refractivity contribution is -0.144. The molecule has 9 rings (SSSR count). The Morgan fingerprint density at radius 3 is 2.08 bits per heavy atom. The lowest BCUT2D eigenvalue weighted by atomic mass is 9.85. The number of nitrogens with two attached hydrogens (primary N) is 1. The second-order valence-corrected chi connectivity index (χ2v) is 22.9. The topological polar surface area (TPSA) is 221 Å². The van der Waals surface area contributed by atoms with Gasteiger partial charge < -0.3 is 50.1 Å². The number of piperazine rings is 1. The zero-order chi connectivity index (χ0) is 56.0. The Hall–Kier alpha value is -6.36. The number of para-hydroxylation sites is 1. The number of aromatic nitrogens is 4. The second kappa shape index (κ2) is 27.9. The van der Waals surface area contributed by atoms with Crippen molar-refractivity contribution in [3.05, 3.63) is 108 Å². The number of nitrogens with zero attached hydrogens (tertiary/aromatic N) is 7. The highest BCUT2D eigenvalue weighted by Gasteiger charge is 2.44. The number of hydrogen-bond donors (Lipinski definition) is 4. The molecular weight excluding hydrogens is 1040 g/mol. The van der Waals surface area contributed by atoms with Gasteiger partial charge >= 0.3 is 0 Å². The number of nitrogen functional groups attached to an aromatic ring is 1. The standard InChI is InChI=1S/C60H78N10O9S/c1-41-22-35-80-54(41)44-12-10-42(11-13-44)37-62-58(73)50-36-47(71)38-69(50)59(74)55(60(2,3)4)65-51(72)39-78-34-33-77-32-31-76-30-29-75-28-27-67-23-25-68(26-24-67)45-16-18-46(19-17-45)70-57-52(56(61)63-40-64-57)53(66-70)43-14-20-49(21-15-43)79-48-8-6-5-7-9-48/h5-15,20-22,35,40,45-47,50,55,71H,16-19,23-34,36-39H2,1-4H3,(H,62,73)(H,65,72)(H2,61,63,64)/t45?,46?,47-,50+,55-/m1/s1. The van der Waals surface area contributed by atoms with Crippen molar-refractivity contribution in [2.45, 2.75) is 96.6 Å². The van der Waals surface area contributed by atoms with Gasteiger partial charge in [0, 0.05) is 68.7 Å². The first-order valence-electron chi connectivity index (χ1n) is 28.1. The predicted octanol–water partition coefficient (Wildman–Crippen LogP) is 6.88. The number of rotatable bonds is 25. The number of carbonyl (C=O) groups is 3. The minimum Gasteiger partial charge on any atom is -0.457 e. The molecule has 428 valence electrons. The van der Waals surface area contributed by atoms with Crippen molar-refractivity contribution in [2.24, 2.45) is 5.41 Å². The van der Waals surface area contributed by atoms with E-state index in [4.69, 9.17) is 34.5 Å². The average molecular weight is 1120 g/mol. The number of aryl methyl sites for hydroxylation is 1. The summed E-state index contributed by atoms with van der Waals surface area (Å²) >= 11 is 1.69. The van der Waals surface area contributed by atoms with Crippen LogP contribution in [-0.2, 0) is 39.9 Å². The number of likely N-dealkylation sites (tertiary alicyclic amines) is 1. The van der Waals surface area contributed by atoms with Crippen LogP contribution in [0.3, 0.4) is 0 Å². The summed E-state index contributed by atoms with van der Waals surface area (Å²) in [6.45, 7) is 15.4. The zero-order valence-electron chi connectivity index (χ0n) is 46.6. The van der Waals surface area contributed by atoms with E-state index in [0.29, 0.717) is 44.9 Å². The smallest absolute Gasteiger partial charge is 0.246 e. The van der Waals surface area contributed by atoms with Crippen LogP contribution in [0.5, 0.6) is 11.5 Å². The van der Waals surface area contributed by atoms with Gasteiger partial charge in [-0.25, -0.2) is 14.6 Å². The Morgan fingerprint density at radius 2 is 1.41 bits per heavy atom. The van der Waals surface area contributed by atoms with Gasteiger partial charge in [-0.15, -0.1) is 11.3 Å². The van der Waals surface area contributed by atoms with Crippen LogP contribution in [0.4, 0.5) is 5.82 Å². The van der Waals surface area contributed by atoms with Gasteiger partial charge in [-0.2, -0.15) is 5.10 Å². The van der Waals surface area contributed by atoms with Crippen LogP contribution >= 0.6 is 11.3 Å². The maximum Gasteiger partial charge on any atom is 0.246 e. The SMILES string of the molecule is Cc1ccsc1-c1ccc(CNC(=O)[C@@H]2C[C@@H](O)CN2C(=O)[C@@H](NC(=O)COCCOCCOCCOCCN2CCN(C3CCC(n4nc(-c5ccc(Oc6ccccc6)cc5)c5c(N)ncnc54)CC3)CC2)C(C)(C)C)cc1. The Balaban J connectivity index is 0.598. The number of β-amino-alcohol motifs (C(OH)–C–C–N with tert-alkyl or cyclic N) is 1. The molecule has 1 saturated carbocycles. The minimum absolute atomic E-state index is 0.00395. The van der Waals surface area contributed by atoms with Crippen LogP contribution < -0.4 is 21.1 Å². The van der Waals surface area contributed by atoms with Crippen molar-refractivity contribution in [3.63, 3.8) is 0 Å². The number of fused-ring (bicyclic) bond motifs is 1. The molecule has 5 heterocycles. The first-order valence-corrected chi connectivity index (χ1v) is 29.0. The van der Waals surface area contributed by atoms with E-state index in [1.54, 1.807) is 11.3 Å². The fourth-order valence-electron chi connectivity index (χ4n) is 10.9. The molecule has 2 aliphatic heterocycles. The van der Waals surface area contributed by atoms with Gasteiger partial charge in [0.1, 0.15) is 48.0 Å². The maximum absolute atomic E-state index is 14.0. The molecule has 1 aliphatic carbocycles. The molecule has 20 heteroatoms. The Kier molecular flexibility index (Phi) is 20.3. The van der Waals surface area contributed by atoms with Crippen LogP contribution in [0.2, 0.25) is 0 Å². The molecule has 2 saturated heterocycles. The monoisotopic (exact) mass is 1110 g/mol. The molecule has 6 aromatic rings. The van der Waals surface area contributed by atoms with Gasteiger partial charge in [0.25, 0.3) is 0 Å². The summed E-state index contributed by atoms with van der Waals surface area (Å²) < 4.78 is 30.9. The molecule has 0 spiro atoms. The third-order valence-corrected chi connectivity index (χ3v) is 16.4. The van der Waals surface area contributed by atoms with Gasteiger partial charge in [0.05, 0.1) is 63.8 Å². The lowest BCUT2D eigenvalue weighted by Gasteiger charge is -2.42. The van der Waals surface area contributed by atoms with Crippen LogP contribution in [-0.4, -0.2) is 174 Å². The number of benzene rings is 3. The number of carbonyl (C=O) groups excluding carboxylic acids is 3. The van der Waals surface area contributed by atoms with Crippen LogP contribution in [0.15, 0.2) is 96.6 Å². The minimum atomic E-state index is -0.952. The molecule has 3 aliphatic rings. The fraction of sp³-hybridized carbons (Fsp3) is 0.500. The molecule has 3 aromatic heterocycles. The van der Waals surface area contributed by atoms with E-state index in [2.05, 4.69) is 53.5 Å². The van der Waals surface area contributed by atoms with Gasteiger partial charge in [-0.1, -0.05) is 63.2 Å². The van der Waals surface area contributed by atoms with E-state index >= 15 is 0 Å². The molecule has 0 unspecified atom stereocenters. The van der Waals surface area contributed by atoms with Crippen LogP contribution in [0.1, 0.15) is 70.0 Å². The lowest BCUT2D eigenvalue weighted by Crippen LogP contribution is -2.58. The Labute approximate surface area is 473 Å². The first-order chi connectivity index (χ1) is 38.8. The highest BCUT2D eigenvalue weighted by molar-refractivity contribution is 7.13. The highest BCUT2D eigenvalue weighted by Crippen LogP contribution is 2.38. The highest BCUT2D eigenvalue weighted by atomic mass is 32.1. The van der Waals surface area contributed by atoms with E-state index in [0.717, 1.165) is 103 Å². The largest absolute Gasteiger partial charge is 0.457 e. The van der Waals surface area contributed by atoms with Crippen LogP contribution in [0, 0.1) is 12.3 Å². The molecule has 80 heavy (non-hydrogen) atoms. The van der Waals surface area contributed by atoms with Gasteiger partial charge in [0.2, 0.25) is 17.7 Å².